The number of carbonyl (C=O) groups is 1. The van der Waals surface area contributed by atoms with Crippen molar-refractivity contribution in [3.8, 4) is 5.75 Å². The number of carboxylic acids is 1. The number of likely N-dealkylation sites (N-methyl/N-ethyl adjacent to an activating group) is 1. The smallest absolute Gasteiger partial charge is 0.328 e. The molecule has 0 radical (unpaired) electrons. The van der Waals surface area contributed by atoms with E-state index in [1.807, 2.05) is 19.1 Å². The monoisotopic (exact) mass is 279 g/mol. The molecule has 0 aromatic heterocycles. The Kier molecular flexibility index (Phi) is 7.39. The van der Waals surface area contributed by atoms with Gasteiger partial charge < -0.3 is 14.9 Å². The number of carboxylic acid groups (broad SMARTS) is 1. The number of hydrogen-bond donors (Lipinski definition) is 2. The van der Waals surface area contributed by atoms with E-state index in [0.717, 1.165) is 30.5 Å². The van der Waals surface area contributed by atoms with Crippen LogP contribution < -0.4 is 4.74 Å². The molecule has 1 aromatic carbocycles. The minimum Gasteiger partial charge on any atom is -0.492 e. The van der Waals surface area contributed by atoms with Crippen molar-refractivity contribution in [2.45, 2.75) is 6.92 Å². The predicted molar refractivity (Wildman–Crippen MR) is 77.8 cm³/mol. The highest BCUT2D eigenvalue weighted by molar-refractivity contribution is 5.85. The maximum Gasteiger partial charge on any atom is 0.328 e. The van der Waals surface area contributed by atoms with E-state index >= 15 is 0 Å². The van der Waals surface area contributed by atoms with Crippen molar-refractivity contribution in [3.05, 3.63) is 35.9 Å². The zero-order chi connectivity index (χ0) is 14.8. The Morgan fingerprint density at radius 3 is 2.55 bits per heavy atom. The minimum absolute atomic E-state index is 0.151. The van der Waals surface area contributed by atoms with Gasteiger partial charge in [-0.15, -0.1) is 0 Å². The van der Waals surface area contributed by atoms with Crippen molar-refractivity contribution in [2.75, 3.05) is 32.8 Å². The van der Waals surface area contributed by atoms with Crippen LogP contribution in [-0.2, 0) is 4.79 Å². The third kappa shape index (κ3) is 6.36. The van der Waals surface area contributed by atoms with Crippen LogP contribution >= 0.6 is 0 Å². The van der Waals surface area contributed by atoms with Gasteiger partial charge >= 0.3 is 5.97 Å². The van der Waals surface area contributed by atoms with E-state index in [1.54, 1.807) is 12.1 Å². The van der Waals surface area contributed by atoms with Crippen LogP contribution in [0.4, 0.5) is 0 Å². The van der Waals surface area contributed by atoms with Crippen LogP contribution in [0.1, 0.15) is 12.5 Å². The molecule has 1 aromatic rings. The Morgan fingerprint density at radius 1 is 1.30 bits per heavy atom. The van der Waals surface area contributed by atoms with Gasteiger partial charge in [-0.05, 0) is 30.3 Å². The van der Waals surface area contributed by atoms with Gasteiger partial charge in [-0.25, -0.2) is 4.79 Å². The molecule has 0 aliphatic heterocycles. The molecule has 0 heterocycles. The molecule has 20 heavy (non-hydrogen) atoms. The largest absolute Gasteiger partial charge is 0.492 e. The van der Waals surface area contributed by atoms with Crippen LogP contribution in [0.25, 0.3) is 6.08 Å². The van der Waals surface area contributed by atoms with Gasteiger partial charge in [0.2, 0.25) is 0 Å². The third-order valence-electron chi connectivity index (χ3n) is 2.84. The second-order valence-electron chi connectivity index (χ2n) is 4.25. The summed E-state index contributed by atoms with van der Waals surface area (Å²) in [4.78, 5) is 12.5. The summed E-state index contributed by atoms with van der Waals surface area (Å²) in [5, 5.41) is 17.4. The number of aliphatic hydroxyl groups excluding tert-OH is 1. The van der Waals surface area contributed by atoms with Crippen LogP contribution in [0.15, 0.2) is 30.3 Å². The standard InChI is InChI=1S/C15H21NO4/c1-2-16(9-11-17)10-12-20-14-6-3-13(4-7-14)5-8-15(18)19/h3-8,17H,2,9-12H2,1H3,(H,18,19). The summed E-state index contributed by atoms with van der Waals surface area (Å²) in [5.41, 5.74) is 0.815. The van der Waals surface area contributed by atoms with Gasteiger partial charge in [-0.2, -0.15) is 0 Å². The average molecular weight is 279 g/mol. The van der Waals surface area contributed by atoms with Crippen molar-refractivity contribution < 1.29 is 19.7 Å². The Morgan fingerprint density at radius 2 is 2.00 bits per heavy atom. The number of benzene rings is 1. The quantitative estimate of drug-likeness (QED) is 0.670. The molecule has 0 fully saturated rings. The first kappa shape index (κ1) is 16.2. The molecular weight excluding hydrogens is 258 g/mol. The van der Waals surface area contributed by atoms with Gasteiger partial charge in [-0.1, -0.05) is 19.1 Å². The predicted octanol–water partition coefficient (Wildman–Crippen LogP) is 1.48. The fraction of sp³-hybridized carbons (Fsp3) is 0.400. The van der Waals surface area contributed by atoms with E-state index in [2.05, 4.69) is 4.90 Å². The lowest BCUT2D eigenvalue weighted by Crippen LogP contribution is -2.30. The normalized spacial score (nSPS) is 11.2. The summed E-state index contributed by atoms with van der Waals surface area (Å²) >= 11 is 0. The molecule has 2 N–H and O–H groups in total. The molecule has 110 valence electrons. The molecule has 0 amide bonds. The number of nitrogens with zero attached hydrogens (tertiary/aromatic N) is 1. The van der Waals surface area contributed by atoms with Gasteiger partial charge in [0, 0.05) is 19.2 Å². The van der Waals surface area contributed by atoms with E-state index in [4.69, 9.17) is 14.9 Å². The van der Waals surface area contributed by atoms with Gasteiger partial charge in [0.1, 0.15) is 12.4 Å². The molecule has 5 nitrogen and oxygen atoms in total. The first-order valence-electron chi connectivity index (χ1n) is 6.62. The summed E-state index contributed by atoms with van der Waals surface area (Å²) in [6.07, 6.45) is 2.63. The summed E-state index contributed by atoms with van der Waals surface area (Å²) in [7, 11) is 0. The van der Waals surface area contributed by atoms with Crippen LogP contribution in [-0.4, -0.2) is 53.9 Å². The maximum absolute atomic E-state index is 10.4. The highest BCUT2D eigenvalue weighted by Gasteiger charge is 2.01. The van der Waals surface area contributed by atoms with E-state index in [-0.39, 0.29) is 6.61 Å². The summed E-state index contributed by atoms with van der Waals surface area (Å²) in [6.45, 7) is 5.04. The Labute approximate surface area is 119 Å². The van der Waals surface area contributed by atoms with E-state index in [9.17, 15) is 4.79 Å². The summed E-state index contributed by atoms with van der Waals surface area (Å²) in [5.74, 6) is -0.216. The molecule has 1 rings (SSSR count). The van der Waals surface area contributed by atoms with E-state index in [1.165, 1.54) is 6.08 Å². The fourth-order valence-electron chi connectivity index (χ4n) is 1.70. The molecule has 0 bridgehead atoms. The highest BCUT2D eigenvalue weighted by Crippen LogP contribution is 2.13. The molecular formula is C15H21NO4. The maximum atomic E-state index is 10.4. The molecule has 5 heteroatoms. The van der Waals surface area contributed by atoms with Gasteiger partial charge in [-0.3, -0.25) is 4.90 Å². The van der Waals surface area contributed by atoms with Crippen molar-refractivity contribution in [2.24, 2.45) is 0 Å². The lowest BCUT2D eigenvalue weighted by atomic mass is 10.2. The number of aliphatic carboxylic acids is 1. The van der Waals surface area contributed by atoms with Crippen molar-refractivity contribution >= 4 is 12.0 Å². The first-order chi connectivity index (χ1) is 9.65. The van der Waals surface area contributed by atoms with Crippen LogP contribution in [0, 0.1) is 0 Å². The molecule has 0 atom stereocenters. The lowest BCUT2D eigenvalue weighted by Gasteiger charge is -2.19. The third-order valence-corrected chi connectivity index (χ3v) is 2.84. The molecule has 0 spiro atoms. The zero-order valence-corrected chi connectivity index (χ0v) is 11.7. The molecule has 0 saturated carbocycles. The Balaban J connectivity index is 2.40. The van der Waals surface area contributed by atoms with E-state index in [0.29, 0.717) is 13.2 Å². The second kappa shape index (κ2) is 9.12. The lowest BCUT2D eigenvalue weighted by molar-refractivity contribution is -0.131. The number of hydrogen-bond acceptors (Lipinski definition) is 4. The molecule has 0 unspecified atom stereocenters. The SMILES string of the molecule is CCN(CCO)CCOc1ccc(C=CC(=O)O)cc1. The van der Waals surface area contributed by atoms with Gasteiger partial charge in [0.25, 0.3) is 0 Å². The minimum atomic E-state index is -0.964. The number of ether oxygens (including phenoxy) is 1. The van der Waals surface area contributed by atoms with Crippen molar-refractivity contribution in [1.82, 2.24) is 4.90 Å². The van der Waals surface area contributed by atoms with Crippen LogP contribution in [0.2, 0.25) is 0 Å². The molecule has 0 aliphatic carbocycles. The first-order valence-corrected chi connectivity index (χ1v) is 6.62. The van der Waals surface area contributed by atoms with Gasteiger partial charge in [0.05, 0.1) is 6.61 Å². The van der Waals surface area contributed by atoms with Crippen LogP contribution in [0.5, 0.6) is 5.75 Å². The number of rotatable bonds is 9. The Bertz CT molecular complexity index is 428. The molecule has 0 saturated heterocycles. The van der Waals surface area contributed by atoms with Crippen molar-refractivity contribution in [3.63, 3.8) is 0 Å². The summed E-state index contributed by atoms with van der Waals surface area (Å²) < 4.78 is 5.60. The highest BCUT2D eigenvalue weighted by atomic mass is 16.5. The zero-order valence-electron chi connectivity index (χ0n) is 11.7. The fourth-order valence-corrected chi connectivity index (χ4v) is 1.70. The molecule has 0 aliphatic rings. The second-order valence-corrected chi connectivity index (χ2v) is 4.25. The Hall–Kier alpha value is -1.85. The van der Waals surface area contributed by atoms with E-state index < -0.39 is 5.97 Å². The van der Waals surface area contributed by atoms with Crippen LogP contribution in [0.3, 0.4) is 0 Å². The van der Waals surface area contributed by atoms with Crippen molar-refractivity contribution in [1.29, 1.82) is 0 Å². The number of aliphatic hydroxyl groups is 1. The average Bonchev–Trinajstić information content (AvgIpc) is 2.45. The van der Waals surface area contributed by atoms with Gasteiger partial charge in [0.15, 0.2) is 0 Å². The summed E-state index contributed by atoms with van der Waals surface area (Å²) in [6, 6.07) is 7.23. The topological polar surface area (TPSA) is 70.0 Å².